The van der Waals surface area contributed by atoms with Crippen LogP contribution >= 0.6 is 27.3 Å². The molecule has 1 heterocycles. The smallest absolute Gasteiger partial charge is 0.261 e. The first-order chi connectivity index (χ1) is 5.68. The summed E-state index contributed by atoms with van der Waals surface area (Å²) in [6.07, 6.45) is -2.38. The molecule has 0 amide bonds. The molecule has 1 aromatic rings. The molecule has 0 N–H and O–H groups in total. The number of hydrogen-bond donors (Lipinski definition) is 0. The molecule has 0 bridgehead atoms. The zero-order chi connectivity index (χ0) is 8.97. The number of hydrogen-bond acceptors (Lipinski definition) is 2. The number of rotatable bonds is 4. The molecule has 1 aromatic heterocycles. The lowest BCUT2D eigenvalue weighted by Gasteiger charge is -1.99. The molecular weight excluding hydrogens is 250 g/mol. The summed E-state index contributed by atoms with van der Waals surface area (Å²) in [6, 6.07) is 1.86. The van der Waals surface area contributed by atoms with Crippen LogP contribution in [0.3, 0.4) is 0 Å². The topological polar surface area (TPSA) is 9.23 Å². The number of thiophene rings is 1. The van der Waals surface area contributed by atoms with Crippen molar-refractivity contribution in [3.63, 3.8) is 0 Å². The Balaban J connectivity index is 2.24. The Morgan fingerprint density at radius 2 is 2.33 bits per heavy atom. The minimum atomic E-state index is -2.38. The van der Waals surface area contributed by atoms with Crippen molar-refractivity contribution < 1.29 is 13.5 Å². The second-order valence-corrected chi connectivity index (χ2v) is 4.05. The van der Waals surface area contributed by atoms with Crippen LogP contribution in [0.4, 0.5) is 8.78 Å². The molecule has 0 aliphatic heterocycles. The van der Waals surface area contributed by atoms with E-state index in [0.29, 0.717) is 0 Å². The van der Waals surface area contributed by atoms with Crippen LogP contribution < -0.4 is 0 Å². The van der Waals surface area contributed by atoms with Gasteiger partial charge in [-0.25, -0.2) is 8.78 Å². The number of halogens is 3. The summed E-state index contributed by atoms with van der Waals surface area (Å²) in [7, 11) is 0. The van der Waals surface area contributed by atoms with Crippen molar-refractivity contribution >= 4 is 27.3 Å². The van der Waals surface area contributed by atoms with Gasteiger partial charge in [0.2, 0.25) is 0 Å². The second-order valence-electron chi connectivity index (χ2n) is 2.14. The Morgan fingerprint density at radius 3 is 2.83 bits per heavy atom. The molecule has 0 atom stereocenters. The molecule has 5 heteroatoms. The molecule has 0 spiro atoms. The Labute approximate surface area is 81.5 Å². The van der Waals surface area contributed by atoms with Crippen LogP contribution in [0, 0.1) is 0 Å². The predicted molar refractivity (Wildman–Crippen MR) is 47.7 cm³/mol. The Bertz CT molecular complexity index is 239. The molecule has 0 fully saturated rings. The molecular formula is C7H7BrF2OS. The van der Waals surface area contributed by atoms with Crippen LogP contribution in [0.25, 0.3) is 0 Å². The third-order valence-electron chi connectivity index (χ3n) is 1.11. The summed E-state index contributed by atoms with van der Waals surface area (Å²) in [5.41, 5.74) is 0. The van der Waals surface area contributed by atoms with Crippen LogP contribution in [0.5, 0.6) is 0 Å². The van der Waals surface area contributed by atoms with E-state index in [1.54, 1.807) is 0 Å². The van der Waals surface area contributed by atoms with Crippen molar-refractivity contribution in [3.8, 4) is 0 Å². The quantitative estimate of drug-likeness (QED) is 0.804. The number of ether oxygens (including phenoxy) is 1. The normalized spacial score (nSPS) is 11.0. The van der Waals surface area contributed by atoms with Crippen LogP contribution in [0.15, 0.2) is 15.9 Å². The van der Waals surface area contributed by atoms with Gasteiger partial charge in [-0.2, -0.15) is 0 Å². The van der Waals surface area contributed by atoms with E-state index in [-0.39, 0.29) is 6.61 Å². The minimum Gasteiger partial charge on any atom is -0.370 e. The Morgan fingerprint density at radius 1 is 1.58 bits per heavy atom. The first-order valence-electron chi connectivity index (χ1n) is 3.27. The summed E-state index contributed by atoms with van der Waals surface area (Å²) in [4.78, 5) is 0.947. The van der Waals surface area contributed by atoms with Gasteiger partial charge in [0.05, 0.1) is 6.61 Å². The highest BCUT2D eigenvalue weighted by Gasteiger charge is 2.03. The van der Waals surface area contributed by atoms with Crippen molar-refractivity contribution in [2.45, 2.75) is 13.0 Å². The maximum Gasteiger partial charge on any atom is 0.261 e. The van der Waals surface area contributed by atoms with E-state index in [1.807, 2.05) is 11.4 Å². The van der Waals surface area contributed by atoms with Crippen molar-refractivity contribution in [2.75, 3.05) is 6.61 Å². The fourth-order valence-electron chi connectivity index (χ4n) is 0.678. The summed E-state index contributed by atoms with van der Waals surface area (Å²) < 4.78 is 28.9. The zero-order valence-electron chi connectivity index (χ0n) is 6.10. The van der Waals surface area contributed by atoms with Gasteiger partial charge in [-0.05, 0) is 22.0 Å². The summed E-state index contributed by atoms with van der Waals surface area (Å²) in [6.45, 7) is -0.226. The third kappa shape index (κ3) is 3.60. The minimum absolute atomic E-state index is 0.264. The highest BCUT2D eigenvalue weighted by atomic mass is 79.9. The van der Waals surface area contributed by atoms with Gasteiger partial charge in [0.25, 0.3) is 6.43 Å². The maximum atomic E-state index is 11.6. The van der Waals surface area contributed by atoms with Crippen LogP contribution in [-0.2, 0) is 11.3 Å². The van der Waals surface area contributed by atoms with Crippen LogP contribution in [-0.4, -0.2) is 13.0 Å². The molecule has 0 aromatic carbocycles. The first-order valence-corrected chi connectivity index (χ1v) is 4.94. The van der Waals surface area contributed by atoms with E-state index in [4.69, 9.17) is 4.74 Å². The zero-order valence-corrected chi connectivity index (χ0v) is 8.50. The van der Waals surface area contributed by atoms with E-state index >= 15 is 0 Å². The highest BCUT2D eigenvalue weighted by Crippen LogP contribution is 2.20. The summed E-state index contributed by atoms with van der Waals surface area (Å²) in [5.74, 6) is 0. The molecule has 0 unspecified atom stereocenters. The molecule has 0 saturated heterocycles. The standard InChI is InChI=1S/C7H7BrF2OS/c8-5-1-6(12-4-5)2-11-3-7(9)10/h1,4,7H,2-3H2. The molecule has 0 aliphatic carbocycles. The summed E-state index contributed by atoms with van der Waals surface area (Å²) >= 11 is 4.74. The Hall–Kier alpha value is -0.0000000000000000833. The molecule has 0 aliphatic rings. The summed E-state index contributed by atoms with van der Waals surface area (Å²) in [5, 5.41) is 1.89. The van der Waals surface area contributed by atoms with Crippen molar-refractivity contribution in [3.05, 3.63) is 20.8 Å². The van der Waals surface area contributed by atoms with Gasteiger partial charge in [-0.1, -0.05) is 0 Å². The monoisotopic (exact) mass is 256 g/mol. The van der Waals surface area contributed by atoms with Crippen LogP contribution in [0.1, 0.15) is 4.88 Å². The molecule has 68 valence electrons. The molecule has 12 heavy (non-hydrogen) atoms. The van der Waals surface area contributed by atoms with E-state index < -0.39 is 13.0 Å². The van der Waals surface area contributed by atoms with E-state index in [2.05, 4.69) is 15.9 Å². The third-order valence-corrected chi connectivity index (χ3v) is 2.78. The van der Waals surface area contributed by atoms with Crippen LogP contribution in [0.2, 0.25) is 0 Å². The average Bonchev–Trinajstić information content (AvgIpc) is 2.35. The van der Waals surface area contributed by atoms with Gasteiger partial charge < -0.3 is 4.74 Å². The second kappa shape index (κ2) is 4.89. The molecule has 1 rings (SSSR count). The molecule has 1 nitrogen and oxygen atoms in total. The first kappa shape index (κ1) is 10.1. The maximum absolute atomic E-state index is 11.6. The van der Waals surface area contributed by atoms with E-state index in [9.17, 15) is 8.78 Å². The van der Waals surface area contributed by atoms with E-state index in [0.717, 1.165) is 9.35 Å². The average molecular weight is 257 g/mol. The van der Waals surface area contributed by atoms with E-state index in [1.165, 1.54) is 11.3 Å². The van der Waals surface area contributed by atoms with Gasteiger partial charge in [-0.15, -0.1) is 11.3 Å². The number of alkyl halides is 2. The van der Waals surface area contributed by atoms with Gasteiger partial charge >= 0.3 is 0 Å². The van der Waals surface area contributed by atoms with Gasteiger partial charge in [0.15, 0.2) is 0 Å². The largest absolute Gasteiger partial charge is 0.370 e. The van der Waals surface area contributed by atoms with Gasteiger partial charge in [0.1, 0.15) is 6.61 Å². The lowest BCUT2D eigenvalue weighted by molar-refractivity contribution is 0.0108. The van der Waals surface area contributed by atoms with Gasteiger partial charge in [-0.3, -0.25) is 0 Å². The Kier molecular flexibility index (Phi) is 4.11. The van der Waals surface area contributed by atoms with Crippen molar-refractivity contribution in [2.24, 2.45) is 0 Å². The predicted octanol–water partition coefficient (Wildman–Crippen LogP) is 3.29. The van der Waals surface area contributed by atoms with Crippen molar-refractivity contribution in [1.82, 2.24) is 0 Å². The SMILES string of the molecule is FC(F)COCc1cc(Br)cs1. The van der Waals surface area contributed by atoms with Gasteiger partial charge in [0, 0.05) is 14.7 Å². The highest BCUT2D eigenvalue weighted by molar-refractivity contribution is 9.10. The lowest BCUT2D eigenvalue weighted by atomic mass is 10.5. The molecule has 0 saturated carbocycles. The lowest BCUT2D eigenvalue weighted by Crippen LogP contribution is -2.03. The molecule has 0 radical (unpaired) electrons. The fraction of sp³-hybridized carbons (Fsp3) is 0.429. The van der Waals surface area contributed by atoms with Crippen molar-refractivity contribution in [1.29, 1.82) is 0 Å². The fourth-order valence-corrected chi connectivity index (χ4v) is 2.06.